The van der Waals surface area contributed by atoms with E-state index in [0.29, 0.717) is 58.5 Å². The Morgan fingerprint density at radius 1 is 0.431 bits per heavy atom. The topological polar surface area (TPSA) is 236 Å². The number of esters is 1. The second-order valence-corrected chi connectivity index (χ2v) is 32.8. The third-order valence-corrected chi connectivity index (χ3v) is 25.4. The minimum Gasteiger partial charge on any atom is -0.478 e. The number of fused-ring (bicyclic) bond motifs is 3. The van der Waals surface area contributed by atoms with Gasteiger partial charge in [-0.1, -0.05) is 18.2 Å². The second-order valence-electron chi connectivity index (χ2n) is 32.8. The van der Waals surface area contributed by atoms with Gasteiger partial charge in [-0.2, -0.15) is 0 Å². The third kappa shape index (κ3) is 19.7. The molecule has 7 aromatic rings. The molecule has 0 aliphatic carbocycles. The number of carbonyl (C=O) groups is 3. The smallest absolute Gasteiger partial charge is 0.338 e. The van der Waals surface area contributed by atoms with E-state index in [0.717, 1.165) is 289 Å². The molecule has 6 fully saturated rings. The molecule has 6 aromatic carbocycles. The van der Waals surface area contributed by atoms with E-state index >= 15 is 0 Å². The van der Waals surface area contributed by atoms with Crippen molar-refractivity contribution in [2.75, 3.05) is 151 Å². The van der Waals surface area contributed by atoms with Gasteiger partial charge in [0.1, 0.15) is 0 Å². The van der Waals surface area contributed by atoms with Gasteiger partial charge in [0.2, 0.25) is 0 Å². The van der Waals surface area contributed by atoms with E-state index < -0.39 is 5.97 Å². The maximum atomic E-state index is 13.9. The lowest BCUT2D eigenvalue weighted by molar-refractivity contribution is 0.0598. The summed E-state index contributed by atoms with van der Waals surface area (Å²) in [6, 6.07) is 37.2. The molecule has 0 atom stereocenters. The van der Waals surface area contributed by atoms with Crippen molar-refractivity contribution < 1.29 is 52.6 Å². The molecule has 1 amide bonds. The fourth-order valence-corrected chi connectivity index (χ4v) is 18.7. The summed E-state index contributed by atoms with van der Waals surface area (Å²) >= 11 is 0. The minimum absolute atomic E-state index is 0.156. The summed E-state index contributed by atoms with van der Waals surface area (Å²) in [4.78, 5) is 68.7. The number of aromatic nitrogens is 1. The van der Waals surface area contributed by atoms with Crippen molar-refractivity contribution in [3.05, 3.63) is 191 Å². The van der Waals surface area contributed by atoms with E-state index in [1.54, 1.807) is 0 Å². The van der Waals surface area contributed by atoms with E-state index in [2.05, 4.69) is 149 Å². The van der Waals surface area contributed by atoms with Gasteiger partial charge >= 0.3 is 11.9 Å². The number of H-pyrrole nitrogens is 1. The Balaban J connectivity index is 0.000000145. The van der Waals surface area contributed by atoms with Gasteiger partial charge in [-0.3, -0.25) is 9.59 Å². The Bertz CT molecular complexity index is 4630. The Hall–Kier alpha value is -9.36. The number of aryl methyl sites for hydroxylation is 2. The molecule has 6 saturated heterocycles. The maximum Gasteiger partial charge on any atom is 0.338 e. The van der Waals surface area contributed by atoms with Crippen LogP contribution >= 0.6 is 0 Å². The van der Waals surface area contributed by atoms with Gasteiger partial charge in [0.15, 0.2) is 0 Å². The molecule has 0 unspecified atom stereocenters. The number of amides is 1. The lowest BCUT2D eigenvalue weighted by Gasteiger charge is -2.37. The highest BCUT2D eigenvalue weighted by Gasteiger charge is 2.33. The molecule has 0 radical (unpaired) electrons. The molecule has 23 nitrogen and oxygen atoms in total. The summed E-state index contributed by atoms with van der Waals surface area (Å²) in [5.74, 6) is -1.32. The van der Waals surface area contributed by atoms with Crippen LogP contribution in [0.3, 0.4) is 0 Å². The SMILES string of the molecule is CCN(c1cc(N2Cc3ccc(NC4CCOCC4)cc3C2)cc(C(=O)NCc2c(C)cc(C)[nH]c2=O)c1C)C1CCOCC1.CCN(c1cc(N2Cc3ccc(NC4CCOCC4)cc3C2)cc(C(=O)O)c1C)C1CCOCC1.CCN(c1cc(N2Cc3ccc(NC4CCOCC4)cc3C2)cc(C(=O)OC)c1C)C1CCOCC1. The van der Waals surface area contributed by atoms with Crippen molar-refractivity contribution in [3.63, 3.8) is 0 Å². The first-order valence-electron chi connectivity index (χ1n) is 42.8. The molecule has 6 N–H and O–H groups in total. The number of ether oxygens (including phenoxy) is 7. The van der Waals surface area contributed by atoms with E-state index in [4.69, 9.17) is 33.2 Å². The average molecular weight is 1590 g/mol. The lowest BCUT2D eigenvalue weighted by Crippen LogP contribution is -2.40. The molecule has 9 aliphatic rings. The zero-order valence-corrected chi connectivity index (χ0v) is 69.9. The van der Waals surface area contributed by atoms with Gasteiger partial charge in [0.05, 0.1) is 18.2 Å². The first-order chi connectivity index (χ1) is 56.4. The monoisotopic (exact) mass is 1590 g/mol. The number of anilines is 9. The molecular weight excluding hydrogens is 1460 g/mol. The van der Waals surface area contributed by atoms with Gasteiger partial charge in [-0.25, -0.2) is 9.59 Å². The first-order valence-corrected chi connectivity index (χ1v) is 42.8. The van der Waals surface area contributed by atoms with Crippen LogP contribution in [0, 0.1) is 34.6 Å². The highest BCUT2D eigenvalue weighted by atomic mass is 16.5. The van der Waals surface area contributed by atoms with Crippen LogP contribution in [0.25, 0.3) is 0 Å². The molecule has 0 spiro atoms. The van der Waals surface area contributed by atoms with Crippen molar-refractivity contribution in [3.8, 4) is 0 Å². The van der Waals surface area contributed by atoms with Crippen molar-refractivity contribution in [1.82, 2.24) is 10.3 Å². The molecule has 16 rings (SSSR count). The minimum atomic E-state index is -0.867. The summed E-state index contributed by atoms with van der Waals surface area (Å²) < 4.78 is 38.6. The third-order valence-electron chi connectivity index (χ3n) is 25.4. The summed E-state index contributed by atoms with van der Waals surface area (Å²) in [5, 5.41) is 24.2. The number of rotatable bonds is 23. The van der Waals surface area contributed by atoms with E-state index in [9.17, 15) is 24.3 Å². The van der Waals surface area contributed by atoms with Gasteiger partial charge in [-0.05, 0) is 267 Å². The van der Waals surface area contributed by atoms with Crippen molar-refractivity contribution >= 4 is 69.0 Å². The lowest BCUT2D eigenvalue weighted by atomic mass is 9.99. The van der Waals surface area contributed by atoms with Crippen LogP contribution in [0.2, 0.25) is 0 Å². The van der Waals surface area contributed by atoms with Gasteiger partial charge < -0.3 is 93.9 Å². The van der Waals surface area contributed by atoms with E-state index in [-0.39, 0.29) is 24.0 Å². The van der Waals surface area contributed by atoms with Crippen LogP contribution in [0.1, 0.15) is 196 Å². The Morgan fingerprint density at radius 2 is 0.750 bits per heavy atom. The highest BCUT2D eigenvalue weighted by Crippen LogP contribution is 2.42. The molecule has 0 saturated carbocycles. The van der Waals surface area contributed by atoms with Crippen LogP contribution in [-0.2, 0) is 79.0 Å². The molecule has 116 heavy (non-hydrogen) atoms. The number of nitrogens with zero attached hydrogens (tertiary/aromatic N) is 6. The quantitative estimate of drug-likeness (QED) is 0.0327. The number of nitrogens with one attached hydrogen (secondary N) is 5. The van der Waals surface area contributed by atoms with Crippen molar-refractivity contribution in [2.24, 2.45) is 0 Å². The number of methoxy groups -OCH3 is 1. The summed E-state index contributed by atoms with van der Waals surface area (Å²) in [5.41, 5.74) is 24.3. The largest absolute Gasteiger partial charge is 0.478 e. The van der Waals surface area contributed by atoms with Crippen molar-refractivity contribution in [1.29, 1.82) is 0 Å². The molecule has 0 bridgehead atoms. The Labute approximate surface area is 685 Å². The number of aromatic amines is 1. The Morgan fingerprint density at radius 3 is 1.09 bits per heavy atom. The highest BCUT2D eigenvalue weighted by molar-refractivity contribution is 5.99. The van der Waals surface area contributed by atoms with Crippen molar-refractivity contribution in [2.45, 2.75) is 215 Å². The Kier molecular flexibility index (Phi) is 27.8. The van der Waals surface area contributed by atoms with Crippen LogP contribution in [0.15, 0.2) is 102 Å². The number of hydrogen-bond acceptors (Lipinski definition) is 20. The zero-order chi connectivity index (χ0) is 80.9. The molecule has 9 aliphatic heterocycles. The molecule has 622 valence electrons. The molecular formula is C93H123N11O12. The number of carboxylic acids is 1. The predicted octanol–water partition coefficient (Wildman–Crippen LogP) is 15.1. The molecule has 1 aromatic heterocycles. The van der Waals surface area contributed by atoms with Gasteiger partial charge in [0, 0.05) is 249 Å². The summed E-state index contributed by atoms with van der Waals surface area (Å²) in [6.45, 7) is 33.4. The van der Waals surface area contributed by atoms with Crippen LogP contribution < -0.4 is 56.2 Å². The number of carbonyl (C=O) groups excluding carboxylic acids is 2. The standard InChI is InChI=1S/C36H47N5O4.C29H39N3O4.C28H37N3O4/c1-5-41(30-10-14-45-15-11-30)34-19-31(18-32(25(34)4)35(42)37-20-33-23(2)16-24(3)38-36(33)43)40-21-26-6-7-29(17-27(26)22-40)39-28-8-12-44-13-9-28;1-4-32(25-9-13-36-14-10-25)28-17-26(16-27(20(28)2)29(33)34-3)31-18-21-5-6-24(15-22(21)19-31)30-23-7-11-35-12-8-23;1-3-31(24-8-12-35-13-9-24)27-16-25(15-26(19(27)2)28(32)33)30-17-20-4-5-23(14-21(20)18-30)29-22-6-10-34-11-7-22/h6-7,16-19,28,30,39H,5,8-15,20-22H2,1-4H3,(H,37,42)(H,38,43);5-6,15-17,23,25,30H,4,7-14,18-19H2,1-3H3;4-5,14-16,22,24,29H,3,6-13,17-18H2,1-2H3,(H,32,33). The average Bonchev–Trinajstić information content (AvgIpc) is 1.36. The van der Waals surface area contributed by atoms with Crippen LogP contribution in [0.5, 0.6) is 0 Å². The summed E-state index contributed by atoms with van der Waals surface area (Å²) in [7, 11) is 1.46. The predicted molar refractivity (Wildman–Crippen MR) is 462 cm³/mol. The second kappa shape index (κ2) is 38.8. The first kappa shape index (κ1) is 83.1. The number of benzene rings is 6. The number of carboxylic acid groups (broad SMARTS) is 1. The van der Waals surface area contributed by atoms with Crippen LogP contribution in [-0.4, -0.2) is 170 Å². The summed E-state index contributed by atoms with van der Waals surface area (Å²) in [6.07, 6.45) is 12.1. The number of hydrogen-bond donors (Lipinski definition) is 6. The van der Waals surface area contributed by atoms with E-state index in [1.807, 2.05) is 58.9 Å². The zero-order valence-electron chi connectivity index (χ0n) is 69.9. The fraction of sp³-hybridized carbons (Fsp3) is 0.527. The fourth-order valence-electron chi connectivity index (χ4n) is 18.7. The van der Waals surface area contributed by atoms with Gasteiger partial charge in [0.25, 0.3) is 11.5 Å². The molecule has 23 heteroatoms. The number of pyridine rings is 1. The maximum absolute atomic E-state index is 13.9. The van der Waals surface area contributed by atoms with E-state index in [1.165, 1.54) is 46.2 Å². The number of aromatic carboxylic acids is 1. The molecule has 10 heterocycles. The van der Waals surface area contributed by atoms with Gasteiger partial charge in [-0.15, -0.1) is 0 Å². The normalized spacial score (nSPS) is 18.2. The van der Waals surface area contributed by atoms with Crippen LogP contribution in [0.4, 0.5) is 51.2 Å².